The molecule has 0 bridgehead atoms. The standard InChI is InChI=1S/C14H18N4OS/c1-11-16-17-14(20-11)15-13(19)10-18(2)9-8-12-6-4-3-5-7-12/h3-7H,8-10H2,1-2H3,(H,15,17,19). The van der Waals surface area contributed by atoms with E-state index in [0.717, 1.165) is 18.0 Å². The first kappa shape index (κ1) is 14.6. The lowest BCUT2D eigenvalue weighted by molar-refractivity contribution is -0.117. The molecule has 0 saturated carbocycles. The van der Waals surface area contributed by atoms with E-state index in [-0.39, 0.29) is 5.91 Å². The Kier molecular flexibility index (Phi) is 5.20. The molecule has 1 N–H and O–H groups in total. The van der Waals surface area contributed by atoms with E-state index < -0.39 is 0 Å². The maximum atomic E-state index is 11.8. The Morgan fingerprint density at radius 3 is 2.70 bits per heavy atom. The van der Waals surface area contributed by atoms with Gasteiger partial charge >= 0.3 is 0 Å². The van der Waals surface area contributed by atoms with Gasteiger partial charge in [0.2, 0.25) is 11.0 Å². The number of aryl methyl sites for hydroxylation is 1. The van der Waals surface area contributed by atoms with Gasteiger partial charge in [-0.05, 0) is 26.0 Å². The summed E-state index contributed by atoms with van der Waals surface area (Å²) in [7, 11) is 1.94. The third-order valence-electron chi connectivity index (χ3n) is 2.81. The number of anilines is 1. The number of carbonyl (C=O) groups is 1. The molecule has 0 aliphatic carbocycles. The average Bonchev–Trinajstić information content (AvgIpc) is 2.83. The third kappa shape index (κ3) is 4.71. The molecule has 20 heavy (non-hydrogen) atoms. The van der Waals surface area contributed by atoms with Gasteiger partial charge in [0.05, 0.1) is 6.54 Å². The fourth-order valence-corrected chi connectivity index (χ4v) is 2.40. The van der Waals surface area contributed by atoms with Crippen molar-refractivity contribution in [2.24, 2.45) is 0 Å². The molecule has 0 unspecified atom stereocenters. The molecular weight excluding hydrogens is 272 g/mol. The van der Waals surface area contributed by atoms with Crippen molar-refractivity contribution >= 4 is 22.4 Å². The van der Waals surface area contributed by atoms with Crippen molar-refractivity contribution in [1.82, 2.24) is 15.1 Å². The number of rotatable bonds is 6. The van der Waals surface area contributed by atoms with Crippen molar-refractivity contribution in [3.05, 3.63) is 40.9 Å². The SMILES string of the molecule is Cc1nnc(NC(=O)CN(C)CCc2ccccc2)s1. The van der Waals surface area contributed by atoms with Crippen LogP contribution in [0.4, 0.5) is 5.13 Å². The number of nitrogens with one attached hydrogen (secondary N) is 1. The molecule has 0 aliphatic heterocycles. The Morgan fingerprint density at radius 2 is 2.05 bits per heavy atom. The second-order valence-corrected chi connectivity index (χ2v) is 5.83. The van der Waals surface area contributed by atoms with E-state index in [1.165, 1.54) is 16.9 Å². The second kappa shape index (κ2) is 7.12. The quantitative estimate of drug-likeness (QED) is 0.883. The van der Waals surface area contributed by atoms with Gasteiger partial charge in [-0.2, -0.15) is 0 Å². The zero-order valence-electron chi connectivity index (χ0n) is 11.7. The molecule has 1 aromatic heterocycles. The Hall–Kier alpha value is -1.79. The van der Waals surface area contributed by atoms with Crippen molar-refractivity contribution in [3.8, 4) is 0 Å². The van der Waals surface area contributed by atoms with Crippen molar-refractivity contribution < 1.29 is 4.79 Å². The normalized spacial score (nSPS) is 10.8. The van der Waals surface area contributed by atoms with Crippen LogP contribution >= 0.6 is 11.3 Å². The fourth-order valence-electron chi connectivity index (χ4n) is 1.79. The van der Waals surface area contributed by atoms with Gasteiger partial charge in [-0.3, -0.25) is 15.0 Å². The summed E-state index contributed by atoms with van der Waals surface area (Å²) < 4.78 is 0. The smallest absolute Gasteiger partial charge is 0.240 e. The molecule has 106 valence electrons. The lowest BCUT2D eigenvalue weighted by atomic mass is 10.1. The maximum absolute atomic E-state index is 11.8. The van der Waals surface area contributed by atoms with Crippen LogP contribution in [0.25, 0.3) is 0 Å². The van der Waals surface area contributed by atoms with Crippen LogP contribution in [0.1, 0.15) is 10.6 Å². The largest absolute Gasteiger partial charge is 0.299 e. The monoisotopic (exact) mass is 290 g/mol. The first-order chi connectivity index (χ1) is 9.63. The van der Waals surface area contributed by atoms with Gasteiger partial charge in [0.25, 0.3) is 0 Å². The third-order valence-corrected chi connectivity index (χ3v) is 3.57. The van der Waals surface area contributed by atoms with Gasteiger partial charge in [-0.25, -0.2) is 0 Å². The first-order valence-corrected chi connectivity index (χ1v) is 7.27. The van der Waals surface area contributed by atoms with Gasteiger partial charge in [0.15, 0.2) is 0 Å². The van der Waals surface area contributed by atoms with Gasteiger partial charge in [-0.15, -0.1) is 10.2 Å². The van der Waals surface area contributed by atoms with E-state index in [9.17, 15) is 4.79 Å². The molecule has 0 radical (unpaired) electrons. The molecule has 1 amide bonds. The van der Waals surface area contributed by atoms with E-state index in [1.807, 2.05) is 37.1 Å². The van der Waals surface area contributed by atoms with Crippen LogP contribution in [0.5, 0.6) is 0 Å². The number of aromatic nitrogens is 2. The topological polar surface area (TPSA) is 58.1 Å². The summed E-state index contributed by atoms with van der Waals surface area (Å²) in [6.07, 6.45) is 0.933. The lowest BCUT2D eigenvalue weighted by Gasteiger charge is -2.15. The summed E-state index contributed by atoms with van der Waals surface area (Å²) >= 11 is 1.38. The predicted octanol–water partition coefficient (Wildman–Crippen LogP) is 1.96. The first-order valence-electron chi connectivity index (χ1n) is 6.46. The molecule has 1 heterocycles. The van der Waals surface area contributed by atoms with Crippen LogP contribution in [-0.4, -0.2) is 41.1 Å². The summed E-state index contributed by atoms with van der Waals surface area (Å²) in [4.78, 5) is 13.8. The molecule has 0 saturated heterocycles. The van der Waals surface area contributed by atoms with Crippen molar-refractivity contribution in [1.29, 1.82) is 0 Å². The molecule has 5 nitrogen and oxygen atoms in total. The highest BCUT2D eigenvalue weighted by molar-refractivity contribution is 7.15. The molecule has 6 heteroatoms. The number of amides is 1. The minimum absolute atomic E-state index is 0.0586. The Bertz CT molecular complexity index is 555. The predicted molar refractivity (Wildman–Crippen MR) is 80.9 cm³/mol. The summed E-state index contributed by atoms with van der Waals surface area (Å²) in [5.41, 5.74) is 1.28. The van der Waals surface area contributed by atoms with Crippen molar-refractivity contribution in [2.75, 3.05) is 25.5 Å². The average molecular weight is 290 g/mol. The van der Waals surface area contributed by atoms with E-state index in [4.69, 9.17) is 0 Å². The molecule has 2 aromatic rings. The van der Waals surface area contributed by atoms with Crippen LogP contribution < -0.4 is 5.32 Å². The van der Waals surface area contributed by atoms with E-state index in [1.54, 1.807) is 0 Å². The highest BCUT2D eigenvalue weighted by atomic mass is 32.1. The number of hydrogen-bond acceptors (Lipinski definition) is 5. The van der Waals surface area contributed by atoms with Gasteiger partial charge < -0.3 is 0 Å². The van der Waals surface area contributed by atoms with Crippen LogP contribution in [0.2, 0.25) is 0 Å². The number of nitrogens with zero attached hydrogens (tertiary/aromatic N) is 3. The number of benzene rings is 1. The van der Waals surface area contributed by atoms with Gasteiger partial charge in [0, 0.05) is 6.54 Å². The molecule has 0 aliphatic rings. The van der Waals surface area contributed by atoms with Crippen LogP contribution in [-0.2, 0) is 11.2 Å². The van der Waals surface area contributed by atoms with Gasteiger partial charge in [-0.1, -0.05) is 41.7 Å². The highest BCUT2D eigenvalue weighted by Crippen LogP contribution is 2.13. The van der Waals surface area contributed by atoms with Crippen LogP contribution in [0.15, 0.2) is 30.3 Å². The van der Waals surface area contributed by atoms with E-state index >= 15 is 0 Å². The number of likely N-dealkylation sites (N-methyl/N-ethyl adjacent to an activating group) is 1. The van der Waals surface area contributed by atoms with Crippen molar-refractivity contribution in [2.45, 2.75) is 13.3 Å². The summed E-state index contributed by atoms with van der Waals surface area (Å²) in [6, 6.07) is 10.3. The summed E-state index contributed by atoms with van der Waals surface area (Å²) in [5.74, 6) is -0.0586. The van der Waals surface area contributed by atoms with Gasteiger partial charge in [0.1, 0.15) is 5.01 Å². The maximum Gasteiger partial charge on any atom is 0.240 e. The molecular formula is C14H18N4OS. The highest BCUT2D eigenvalue weighted by Gasteiger charge is 2.09. The lowest BCUT2D eigenvalue weighted by Crippen LogP contribution is -2.31. The molecule has 2 rings (SSSR count). The molecule has 0 atom stereocenters. The second-order valence-electron chi connectivity index (χ2n) is 4.65. The zero-order valence-corrected chi connectivity index (χ0v) is 12.5. The molecule has 1 aromatic carbocycles. The summed E-state index contributed by atoms with van der Waals surface area (Å²) in [6.45, 7) is 3.05. The van der Waals surface area contributed by atoms with E-state index in [2.05, 4.69) is 27.6 Å². The fraction of sp³-hybridized carbons (Fsp3) is 0.357. The van der Waals surface area contributed by atoms with Crippen molar-refractivity contribution in [3.63, 3.8) is 0 Å². The summed E-state index contributed by atoms with van der Waals surface area (Å²) in [5, 5.41) is 11.9. The Labute approximate surface area is 122 Å². The minimum Gasteiger partial charge on any atom is -0.299 e. The van der Waals surface area contributed by atoms with Crippen LogP contribution in [0.3, 0.4) is 0 Å². The molecule has 0 fully saturated rings. The van der Waals surface area contributed by atoms with Crippen LogP contribution in [0, 0.1) is 6.92 Å². The Morgan fingerprint density at radius 1 is 1.30 bits per heavy atom. The minimum atomic E-state index is -0.0586. The Balaban J connectivity index is 1.73. The van der Waals surface area contributed by atoms with E-state index in [0.29, 0.717) is 11.7 Å². The number of hydrogen-bond donors (Lipinski definition) is 1. The molecule has 0 spiro atoms. The zero-order chi connectivity index (χ0) is 14.4. The number of carbonyl (C=O) groups excluding carboxylic acids is 1.